The van der Waals surface area contributed by atoms with Gasteiger partial charge in [-0.3, -0.25) is 0 Å². The third kappa shape index (κ3) is 2.87. The van der Waals surface area contributed by atoms with E-state index in [2.05, 4.69) is 75.7 Å². The minimum absolute atomic E-state index is 1.08. The van der Waals surface area contributed by atoms with E-state index in [1.54, 1.807) is 0 Å². The molecule has 0 unspecified atom stereocenters. The van der Waals surface area contributed by atoms with Gasteiger partial charge in [0.15, 0.2) is 0 Å². The number of nitrogens with one attached hydrogen (secondary N) is 1. The molecular formula is C18H21N. The molecule has 0 spiro atoms. The highest BCUT2D eigenvalue weighted by atomic mass is 14.7. The van der Waals surface area contributed by atoms with Gasteiger partial charge in [0.1, 0.15) is 0 Å². The highest BCUT2D eigenvalue weighted by molar-refractivity contribution is 5.91. The Balaban J connectivity index is 2.56. The van der Waals surface area contributed by atoms with Gasteiger partial charge in [-0.25, -0.2) is 0 Å². The molecule has 98 valence electrons. The first-order valence-electron chi connectivity index (χ1n) is 6.59. The van der Waals surface area contributed by atoms with Gasteiger partial charge >= 0.3 is 0 Å². The lowest BCUT2D eigenvalue weighted by Gasteiger charge is -2.11. The molecule has 1 nitrogen and oxygen atoms in total. The van der Waals surface area contributed by atoms with E-state index in [1.807, 2.05) is 0 Å². The third-order valence-corrected chi connectivity index (χ3v) is 3.37. The number of rotatable bonds is 3. The molecule has 0 aliphatic carbocycles. The van der Waals surface area contributed by atoms with Gasteiger partial charge in [-0.15, -0.1) is 0 Å². The molecular weight excluding hydrogens is 230 g/mol. The van der Waals surface area contributed by atoms with Crippen molar-refractivity contribution < 1.29 is 0 Å². The minimum Gasteiger partial charge on any atom is -0.359 e. The number of benzene rings is 1. The van der Waals surface area contributed by atoms with Crippen LogP contribution in [0.2, 0.25) is 0 Å². The largest absolute Gasteiger partial charge is 0.359 e. The first-order chi connectivity index (χ1) is 8.99. The topological polar surface area (TPSA) is 15.8 Å². The fraction of sp³-hybridized carbons (Fsp3) is 0.222. The van der Waals surface area contributed by atoms with Crippen LogP contribution in [0.4, 0.5) is 0 Å². The van der Waals surface area contributed by atoms with E-state index >= 15 is 0 Å². The van der Waals surface area contributed by atoms with Gasteiger partial charge in [-0.2, -0.15) is 0 Å². The molecule has 0 fully saturated rings. The van der Waals surface area contributed by atoms with Gasteiger partial charge in [0, 0.05) is 11.4 Å². The molecule has 1 aromatic heterocycles. The number of aryl methyl sites for hydroxylation is 3. The Morgan fingerprint density at radius 1 is 1.11 bits per heavy atom. The van der Waals surface area contributed by atoms with Crippen LogP contribution in [-0.4, -0.2) is 4.98 Å². The molecule has 0 radical (unpaired) electrons. The molecule has 1 N–H and O–H groups in total. The summed E-state index contributed by atoms with van der Waals surface area (Å²) < 4.78 is 0. The van der Waals surface area contributed by atoms with Gasteiger partial charge in [0.05, 0.1) is 0 Å². The standard InChI is InChI=1S/C18H21N/c1-12(2)17(16-9-7-6-8-13(16)3)11-18-14(4)10-15(5)19-18/h6-11,19H,1H2,2-5H3/b17-11+. The average Bonchev–Trinajstić information content (AvgIpc) is 2.65. The Morgan fingerprint density at radius 2 is 1.79 bits per heavy atom. The van der Waals surface area contributed by atoms with Crippen molar-refractivity contribution in [2.45, 2.75) is 27.7 Å². The minimum atomic E-state index is 1.08. The van der Waals surface area contributed by atoms with E-state index in [0.29, 0.717) is 0 Å². The summed E-state index contributed by atoms with van der Waals surface area (Å²) in [6.07, 6.45) is 2.20. The second-order valence-electron chi connectivity index (χ2n) is 5.20. The summed E-state index contributed by atoms with van der Waals surface area (Å²) in [5.74, 6) is 0. The average molecular weight is 251 g/mol. The second-order valence-corrected chi connectivity index (χ2v) is 5.20. The SMILES string of the molecule is C=C(C)/C(=C\c1[nH]c(C)cc1C)c1ccccc1C. The predicted octanol–water partition coefficient (Wildman–Crippen LogP) is 5.06. The van der Waals surface area contributed by atoms with Crippen molar-refractivity contribution in [3.8, 4) is 0 Å². The molecule has 0 atom stereocenters. The van der Waals surface area contributed by atoms with Crippen LogP contribution in [0.5, 0.6) is 0 Å². The highest BCUT2D eigenvalue weighted by Gasteiger charge is 2.07. The summed E-state index contributed by atoms with van der Waals surface area (Å²) in [7, 11) is 0. The normalized spacial score (nSPS) is 11.7. The van der Waals surface area contributed by atoms with Gasteiger partial charge in [0.25, 0.3) is 0 Å². The fourth-order valence-corrected chi connectivity index (χ4v) is 2.35. The molecule has 19 heavy (non-hydrogen) atoms. The quantitative estimate of drug-likeness (QED) is 0.734. The van der Waals surface area contributed by atoms with Crippen LogP contribution in [0.3, 0.4) is 0 Å². The van der Waals surface area contributed by atoms with Crippen LogP contribution in [0.25, 0.3) is 11.6 Å². The number of aromatic amines is 1. The van der Waals surface area contributed by atoms with Crippen LogP contribution in [0.15, 0.2) is 42.5 Å². The zero-order chi connectivity index (χ0) is 14.0. The molecule has 0 amide bonds. The number of allylic oxidation sites excluding steroid dienone is 2. The van der Waals surface area contributed by atoms with E-state index < -0.39 is 0 Å². The first-order valence-corrected chi connectivity index (χ1v) is 6.59. The van der Waals surface area contributed by atoms with Gasteiger partial charge in [0.2, 0.25) is 0 Å². The van der Waals surface area contributed by atoms with E-state index in [4.69, 9.17) is 0 Å². The Hall–Kier alpha value is -2.02. The van der Waals surface area contributed by atoms with Crippen LogP contribution in [-0.2, 0) is 0 Å². The summed E-state index contributed by atoms with van der Waals surface area (Å²) in [6, 6.07) is 10.6. The molecule has 2 aromatic rings. The predicted molar refractivity (Wildman–Crippen MR) is 84.1 cm³/mol. The molecule has 0 saturated heterocycles. The van der Waals surface area contributed by atoms with Gasteiger partial charge < -0.3 is 4.98 Å². The Labute approximate surface area is 115 Å². The molecule has 2 rings (SSSR count). The molecule has 1 heterocycles. The smallest absolute Gasteiger partial charge is 0.0418 e. The van der Waals surface area contributed by atoms with Crippen LogP contribution in [0.1, 0.15) is 35.0 Å². The fourth-order valence-electron chi connectivity index (χ4n) is 2.35. The first kappa shape index (κ1) is 13.4. The van der Waals surface area contributed by atoms with Crippen molar-refractivity contribution in [3.05, 3.63) is 70.6 Å². The van der Waals surface area contributed by atoms with Crippen molar-refractivity contribution in [2.75, 3.05) is 0 Å². The van der Waals surface area contributed by atoms with Crippen molar-refractivity contribution in [3.63, 3.8) is 0 Å². The molecule has 0 aliphatic rings. The number of aromatic nitrogens is 1. The number of H-pyrrole nitrogens is 1. The summed E-state index contributed by atoms with van der Waals surface area (Å²) in [4.78, 5) is 3.40. The van der Waals surface area contributed by atoms with Crippen LogP contribution < -0.4 is 0 Å². The molecule has 0 saturated carbocycles. The maximum Gasteiger partial charge on any atom is 0.0418 e. The monoisotopic (exact) mass is 251 g/mol. The summed E-state index contributed by atoms with van der Waals surface area (Å²) in [5, 5.41) is 0. The maximum atomic E-state index is 4.12. The van der Waals surface area contributed by atoms with E-state index in [9.17, 15) is 0 Å². The van der Waals surface area contributed by atoms with E-state index in [0.717, 1.165) is 5.57 Å². The second kappa shape index (κ2) is 5.31. The third-order valence-electron chi connectivity index (χ3n) is 3.37. The van der Waals surface area contributed by atoms with Crippen LogP contribution >= 0.6 is 0 Å². The molecule has 0 bridgehead atoms. The van der Waals surface area contributed by atoms with Crippen molar-refractivity contribution in [2.24, 2.45) is 0 Å². The maximum absolute atomic E-state index is 4.12. The Bertz CT molecular complexity index is 641. The lowest BCUT2D eigenvalue weighted by molar-refractivity contribution is 1.24. The summed E-state index contributed by atoms with van der Waals surface area (Å²) >= 11 is 0. The lowest BCUT2D eigenvalue weighted by Crippen LogP contribution is -1.90. The number of hydrogen-bond donors (Lipinski definition) is 1. The van der Waals surface area contributed by atoms with Crippen LogP contribution in [0, 0.1) is 20.8 Å². The Morgan fingerprint density at radius 3 is 2.32 bits per heavy atom. The Kier molecular flexibility index (Phi) is 3.75. The van der Waals surface area contributed by atoms with E-state index in [1.165, 1.54) is 33.7 Å². The molecule has 1 aromatic carbocycles. The van der Waals surface area contributed by atoms with Crippen molar-refractivity contribution in [1.82, 2.24) is 4.98 Å². The lowest BCUT2D eigenvalue weighted by atomic mass is 9.95. The van der Waals surface area contributed by atoms with Crippen molar-refractivity contribution >= 4 is 11.6 Å². The summed E-state index contributed by atoms with van der Waals surface area (Å²) in [6.45, 7) is 12.5. The van der Waals surface area contributed by atoms with E-state index in [-0.39, 0.29) is 0 Å². The molecule has 1 heteroatoms. The zero-order valence-corrected chi connectivity index (χ0v) is 12.2. The van der Waals surface area contributed by atoms with Gasteiger partial charge in [-0.1, -0.05) is 36.4 Å². The molecule has 0 aliphatic heterocycles. The van der Waals surface area contributed by atoms with Gasteiger partial charge in [-0.05, 0) is 62.1 Å². The van der Waals surface area contributed by atoms with Crippen molar-refractivity contribution in [1.29, 1.82) is 0 Å². The zero-order valence-electron chi connectivity index (χ0n) is 12.2. The highest BCUT2D eigenvalue weighted by Crippen LogP contribution is 2.27. The summed E-state index contributed by atoms with van der Waals surface area (Å²) in [5.41, 5.74) is 8.43. The number of hydrogen-bond acceptors (Lipinski definition) is 0.